The van der Waals surface area contributed by atoms with Gasteiger partial charge in [0.25, 0.3) is 5.91 Å². The Kier molecular flexibility index (Phi) is 4.74. The van der Waals surface area contributed by atoms with E-state index in [9.17, 15) is 4.79 Å². The van der Waals surface area contributed by atoms with Crippen LogP contribution in [0.4, 0.5) is 0 Å². The van der Waals surface area contributed by atoms with Gasteiger partial charge in [-0.2, -0.15) is 0 Å². The number of hydrogen-bond acceptors (Lipinski definition) is 4. The SMILES string of the molecule is COCCNC(=O)C1CNCCO1. The first-order valence-corrected chi connectivity index (χ1v) is 4.43. The van der Waals surface area contributed by atoms with Crippen LogP contribution in [0.25, 0.3) is 0 Å². The van der Waals surface area contributed by atoms with Crippen molar-refractivity contribution in [2.24, 2.45) is 0 Å². The van der Waals surface area contributed by atoms with Crippen LogP contribution in [0, 0.1) is 0 Å². The molecule has 1 atom stereocenters. The third kappa shape index (κ3) is 3.71. The summed E-state index contributed by atoms with van der Waals surface area (Å²) < 4.78 is 10.1. The highest BCUT2D eigenvalue weighted by atomic mass is 16.5. The fourth-order valence-electron chi connectivity index (χ4n) is 1.12. The minimum absolute atomic E-state index is 0.0655. The van der Waals surface area contributed by atoms with E-state index in [4.69, 9.17) is 9.47 Å². The molecule has 0 spiro atoms. The van der Waals surface area contributed by atoms with Crippen LogP contribution in [-0.2, 0) is 14.3 Å². The molecule has 2 N–H and O–H groups in total. The Labute approximate surface area is 77.8 Å². The summed E-state index contributed by atoms with van der Waals surface area (Å²) >= 11 is 0. The zero-order valence-electron chi connectivity index (χ0n) is 7.84. The second-order valence-electron chi connectivity index (χ2n) is 2.85. The average molecular weight is 188 g/mol. The monoisotopic (exact) mass is 188 g/mol. The van der Waals surface area contributed by atoms with Crippen molar-refractivity contribution in [2.45, 2.75) is 6.10 Å². The number of rotatable bonds is 4. The van der Waals surface area contributed by atoms with E-state index in [1.807, 2.05) is 0 Å². The molecule has 1 fully saturated rings. The van der Waals surface area contributed by atoms with Crippen molar-refractivity contribution in [3.8, 4) is 0 Å². The lowest BCUT2D eigenvalue weighted by Gasteiger charge is -2.22. The van der Waals surface area contributed by atoms with E-state index in [0.29, 0.717) is 26.3 Å². The molecule has 0 aliphatic carbocycles. The summed E-state index contributed by atoms with van der Waals surface area (Å²) in [5.74, 6) is -0.0655. The highest BCUT2D eigenvalue weighted by molar-refractivity contribution is 5.81. The Hall–Kier alpha value is -0.650. The molecule has 1 aliphatic rings. The molecule has 0 bridgehead atoms. The topological polar surface area (TPSA) is 59.6 Å². The van der Waals surface area contributed by atoms with E-state index in [1.54, 1.807) is 7.11 Å². The standard InChI is InChI=1S/C8H16N2O3/c1-12-4-3-10-8(11)7-6-9-2-5-13-7/h7,9H,2-6H2,1H3,(H,10,11). The minimum Gasteiger partial charge on any atom is -0.383 e. The largest absolute Gasteiger partial charge is 0.383 e. The molecule has 0 aromatic carbocycles. The molecule has 0 saturated carbocycles. The zero-order chi connectivity index (χ0) is 9.52. The van der Waals surface area contributed by atoms with Crippen LogP contribution in [0.1, 0.15) is 0 Å². The number of methoxy groups -OCH3 is 1. The first-order chi connectivity index (χ1) is 6.34. The van der Waals surface area contributed by atoms with Crippen molar-refractivity contribution in [3.05, 3.63) is 0 Å². The second kappa shape index (κ2) is 5.90. The molecule has 0 radical (unpaired) electrons. The highest BCUT2D eigenvalue weighted by Gasteiger charge is 2.20. The van der Waals surface area contributed by atoms with E-state index >= 15 is 0 Å². The molecule has 1 heterocycles. The molecule has 0 aromatic rings. The molecular formula is C8H16N2O3. The minimum atomic E-state index is -0.342. The molecule has 5 heteroatoms. The number of carbonyl (C=O) groups is 1. The smallest absolute Gasteiger partial charge is 0.250 e. The summed E-state index contributed by atoms with van der Waals surface area (Å²) in [5, 5.41) is 5.81. The maximum atomic E-state index is 11.3. The van der Waals surface area contributed by atoms with Crippen molar-refractivity contribution in [2.75, 3.05) is 40.0 Å². The molecule has 13 heavy (non-hydrogen) atoms. The zero-order valence-corrected chi connectivity index (χ0v) is 7.84. The Morgan fingerprint density at radius 2 is 2.62 bits per heavy atom. The first-order valence-electron chi connectivity index (χ1n) is 4.43. The first kappa shape index (κ1) is 10.4. The summed E-state index contributed by atoms with van der Waals surface area (Å²) in [6.07, 6.45) is -0.342. The van der Waals surface area contributed by atoms with E-state index in [1.165, 1.54) is 0 Å². The van der Waals surface area contributed by atoms with E-state index in [2.05, 4.69) is 10.6 Å². The van der Waals surface area contributed by atoms with Gasteiger partial charge in [-0.15, -0.1) is 0 Å². The summed E-state index contributed by atoms with van der Waals surface area (Å²) in [4.78, 5) is 11.3. The molecule has 76 valence electrons. The highest BCUT2D eigenvalue weighted by Crippen LogP contribution is 1.95. The van der Waals surface area contributed by atoms with Crippen molar-refractivity contribution in [3.63, 3.8) is 0 Å². The van der Waals surface area contributed by atoms with Crippen molar-refractivity contribution in [1.82, 2.24) is 10.6 Å². The summed E-state index contributed by atoms with van der Waals surface area (Å²) in [7, 11) is 1.60. The Morgan fingerprint density at radius 1 is 1.77 bits per heavy atom. The van der Waals surface area contributed by atoms with Crippen LogP contribution in [0.3, 0.4) is 0 Å². The predicted molar refractivity (Wildman–Crippen MR) is 47.5 cm³/mol. The quantitative estimate of drug-likeness (QED) is 0.540. The Balaban J connectivity index is 2.13. The summed E-state index contributed by atoms with van der Waals surface area (Å²) in [6.45, 7) is 3.09. The maximum absolute atomic E-state index is 11.3. The van der Waals surface area contributed by atoms with Gasteiger partial charge in [-0.1, -0.05) is 0 Å². The van der Waals surface area contributed by atoms with Crippen molar-refractivity contribution >= 4 is 5.91 Å². The van der Waals surface area contributed by atoms with E-state index in [0.717, 1.165) is 6.54 Å². The van der Waals surface area contributed by atoms with Gasteiger partial charge in [0.2, 0.25) is 0 Å². The number of morpholine rings is 1. The number of nitrogens with one attached hydrogen (secondary N) is 2. The summed E-state index contributed by atoms with van der Waals surface area (Å²) in [6, 6.07) is 0. The lowest BCUT2D eigenvalue weighted by molar-refractivity contribution is -0.134. The second-order valence-corrected chi connectivity index (χ2v) is 2.85. The number of hydrogen-bond donors (Lipinski definition) is 2. The maximum Gasteiger partial charge on any atom is 0.250 e. The van der Waals surface area contributed by atoms with Gasteiger partial charge in [-0.25, -0.2) is 0 Å². The van der Waals surface area contributed by atoms with Gasteiger partial charge in [0.05, 0.1) is 13.2 Å². The number of ether oxygens (including phenoxy) is 2. The Morgan fingerprint density at radius 3 is 3.23 bits per heavy atom. The van der Waals surface area contributed by atoms with Crippen LogP contribution in [0.2, 0.25) is 0 Å². The predicted octanol–water partition coefficient (Wildman–Crippen LogP) is -1.26. The average Bonchev–Trinajstić information content (AvgIpc) is 2.19. The van der Waals surface area contributed by atoms with Gasteiger partial charge < -0.3 is 20.1 Å². The molecule has 1 aliphatic heterocycles. The lowest BCUT2D eigenvalue weighted by atomic mass is 10.3. The van der Waals surface area contributed by atoms with E-state index < -0.39 is 0 Å². The van der Waals surface area contributed by atoms with E-state index in [-0.39, 0.29) is 12.0 Å². The van der Waals surface area contributed by atoms with Crippen LogP contribution in [0.5, 0.6) is 0 Å². The van der Waals surface area contributed by atoms with Gasteiger partial charge in [-0.05, 0) is 0 Å². The van der Waals surface area contributed by atoms with Crippen LogP contribution in [0.15, 0.2) is 0 Å². The normalized spacial score (nSPS) is 22.7. The van der Waals surface area contributed by atoms with Gasteiger partial charge in [-0.3, -0.25) is 4.79 Å². The Bertz CT molecular complexity index is 157. The van der Waals surface area contributed by atoms with Crippen molar-refractivity contribution in [1.29, 1.82) is 0 Å². The molecular weight excluding hydrogens is 172 g/mol. The van der Waals surface area contributed by atoms with Gasteiger partial charge in [0.15, 0.2) is 0 Å². The molecule has 1 unspecified atom stereocenters. The molecule has 0 aromatic heterocycles. The summed E-state index contributed by atoms with van der Waals surface area (Å²) in [5.41, 5.74) is 0. The fourth-order valence-corrected chi connectivity index (χ4v) is 1.12. The van der Waals surface area contributed by atoms with Gasteiger partial charge in [0, 0.05) is 26.7 Å². The van der Waals surface area contributed by atoms with Crippen LogP contribution >= 0.6 is 0 Å². The third-order valence-electron chi connectivity index (χ3n) is 1.83. The van der Waals surface area contributed by atoms with Crippen LogP contribution in [-0.4, -0.2) is 52.0 Å². The number of carbonyl (C=O) groups excluding carboxylic acids is 1. The molecule has 1 rings (SSSR count). The van der Waals surface area contributed by atoms with Gasteiger partial charge >= 0.3 is 0 Å². The molecule has 5 nitrogen and oxygen atoms in total. The molecule has 1 saturated heterocycles. The number of amides is 1. The van der Waals surface area contributed by atoms with Crippen LogP contribution < -0.4 is 10.6 Å². The third-order valence-corrected chi connectivity index (χ3v) is 1.83. The van der Waals surface area contributed by atoms with Crippen molar-refractivity contribution < 1.29 is 14.3 Å². The molecule has 1 amide bonds. The fraction of sp³-hybridized carbons (Fsp3) is 0.875. The van der Waals surface area contributed by atoms with Gasteiger partial charge in [0.1, 0.15) is 6.10 Å². The lowest BCUT2D eigenvalue weighted by Crippen LogP contribution is -2.48.